The molecule has 2 saturated heterocycles. The number of benzene rings is 2. The molecular formula is C49H80O8. The summed E-state index contributed by atoms with van der Waals surface area (Å²) in [5, 5.41) is 22.2. The zero-order valence-corrected chi connectivity index (χ0v) is 38.8. The van der Waals surface area contributed by atoms with Crippen LogP contribution in [-0.2, 0) is 62.9 Å². The Hall–Kier alpha value is -2.20. The van der Waals surface area contributed by atoms with Gasteiger partial charge in [-0.05, 0) is 80.7 Å². The molecule has 2 aliphatic rings. The standard InChI is InChI=1S/C49H80O8/c1-43(2,3)35-23-33(24-36(39(35)50)44(4,5)6)19-17-21-52-27-47(13,14)41-54-29-49(30-55-41)31-56-42(57-32-49)48(15,16)28-53-22-18-20-34-25-37(45(7,8)9)40(51)38(26-34)46(10,11)12/h23-26,41-42,50-51H,17-22,27-32H2,1-16H3. The highest BCUT2D eigenvalue weighted by atomic mass is 16.7. The Morgan fingerprint density at radius 2 is 0.754 bits per heavy atom. The molecule has 0 saturated carbocycles. The molecule has 8 heteroatoms. The molecule has 2 N–H and O–H groups in total. The normalized spacial score (nSPS) is 21.7. The third-order valence-electron chi connectivity index (χ3n) is 11.5. The summed E-state index contributed by atoms with van der Waals surface area (Å²) in [6, 6.07) is 8.65. The van der Waals surface area contributed by atoms with Gasteiger partial charge in [-0.25, -0.2) is 0 Å². The van der Waals surface area contributed by atoms with E-state index in [0.717, 1.165) is 47.9 Å². The van der Waals surface area contributed by atoms with Crippen molar-refractivity contribution >= 4 is 0 Å². The molecule has 4 rings (SSSR count). The van der Waals surface area contributed by atoms with Gasteiger partial charge in [-0.3, -0.25) is 0 Å². The van der Waals surface area contributed by atoms with Gasteiger partial charge in [0.2, 0.25) is 0 Å². The quantitative estimate of drug-likeness (QED) is 0.183. The molecule has 0 amide bonds. The highest BCUT2D eigenvalue weighted by Crippen LogP contribution is 2.42. The lowest BCUT2D eigenvalue weighted by molar-refractivity contribution is -0.338. The van der Waals surface area contributed by atoms with Gasteiger partial charge in [0.1, 0.15) is 11.5 Å². The van der Waals surface area contributed by atoms with Crippen molar-refractivity contribution in [3.05, 3.63) is 57.6 Å². The van der Waals surface area contributed by atoms with Crippen LogP contribution >= 0.6 is 0 Å². The van der Waals surface area contributed by atoms with Crippen LogP contribution in [0.25, 0.3) is 0 Å². The lowest BCUT2D eigenvalue weighted by atomic mass is 9.78. The number of aryl methyl sites for hydroxylation is 2. The molecule has 57 heavy (non-hydrogen) atoms. The van der Waals surface area contributed by atoms with E-state index in [1.54, 1.807) is 0 Å². The van der Waals surface area contributed by atoms with E-state index < -0.39 is 0 Å². The van der Waals surface area contributed by atoms with Crippen LogP contribution in [0.15, 0.2) is 24.3 Å². The minimum absolute atomic E-state index is 0.144. The maximum absolute atomic E-state index is 11.1. The minimum atomic E-state index is -0.381. The first-order chi connectivity index (χ1) is 26.1. The van der Waals surface area contributed by atoms with Crippen LogP contribution in [0.3, 0.4) is 0 Å². The summed E-state index contributed by atoms with van der Waals surface area (Å²) in [7, 11) is 0. The Kier molecular flexibility index (Phi) is 14.8. The van der Waals surface area contributed by atoms with Crippen LogP contribution in [0.4, 0.5) is 0 Å². The first-order valence-corrected chi connectivity index (χ1v) is 21.4. The van der Waals surface area contributed by atoms with Crippen LogP contribution in [0, 0.1) is 16.2 Å². The van der Waals surface area contributed by atoms with E-state index >= 15 is 0 Å². The van der Waals surface area contributed by atoms with E-state index in [-0.39, 0.29) is 50.5 Å². The second-order valence-electron chi connectivity index (χ2n) is 22.8. The van der Waals surface area contributed by atoms with Gasteiger partial charge in [0.25, 0.3) is 0 Å². The molecule has 2 aromatic rings. The predicted octanol–water partition coefficient (Wildman–Crippen LogP) is 10.7. The smallest absolute Gasteiger partial charge is 0.164 e. The Bertz CT molecular complexity index is 1420. The summed E-state index contributed by atoms with van der Waals surface area (Å²) in [6.45, 7) is 38.6. The molecule has 1 spiro atoms. The van der Waals surface area contributed by atoms with Gasteiger partial charge < -0.3 is 38.6 Å². The van der Waals surface area contributed by atoms with E-state index in [4.69, 9.17) is 28.4 Å². The average molecular weight is 797 g/mol. The van der Waals surface area contributed by atoms with Crippen LogP contribution < -0.4 is 0 Å². The second-order valence-corrected chi connectivity index (χ2v) is 22.8. The van der Waals surface area contributed by atoms with Gasteiger partial charge in [-0.1, -0.05) is 135 Å². The van der Waals surface area contributed by atoms with Crippen molar-refractivity contribution in [1.82, 2.24) is 0 Å². The van der Waals surface area contributed by atoms with Crippen molar-refractivity contribution < 1.29 is 38.6 Å². The molecule has 2 fully saturated rings. The average Bonchev–Trinajstić information content (AvgIpc) is 3.07. The van der Waals surface area contributed by atoms with Crippen molar-refractivity contribution in [1.29, 1.82) is 0 Å². The largest absolute Gasteiger partial charge is 0.507 e. The molecule has 0 bridgehead atoms. The number of rotatable bonds is 14. The molecule has 0 unspecified atom stereocenters. The van der Waals surface area contributed by atoms with Crippen LogP contribution in [0.5, 0.6) is 11.5 Å². The topological polar surface area (TPSA) is 95.8 Å². The maximum atomic E-state index is 11.1. The number of aromatic hydroxyl groups is 2. The number of phenolic OH excluding ortho intramolecular Hbond substituents is 2. The van der Waals surface area contributed by atoms with Crippen LogP contribution in [0.2, 0.25) is 0 Å². The minimum Gasteiger partial charge on any atom is -0.507 e. The van der Waals surface area contributed by atoms with Gasteiger partial charge in [0.15, 0.2) is 12.6 Å². The SMILES string of the molecule is CC(C)(C)c1cc(CCCOCC(C)(C)C2OCC3(CO2)COC(C(C)(C)COCCCc2cc(C(C)(C)C)c(O)c(C(C)(C)C)c2)OC3)cc(C(C)(C)C)c1O. The molecule has 2 aromatic carbocycles. The number of ether oxygens (including phenoxy) is 6. The summed E-state index contributed by atoms with van der Waals surface area (Å²) < 4.78 is 37.8. The van der Waals surface area contributed by atoms with Crippen molar-refractivity contribution in [3.63, 3.8) is 0 Å². The lowest BCUT2D eigenvalue weighted by Crippen LogP contribution is -2.57. The highest BCUT2D eigenvalue weighted by Gasteiger charge is 2.48. The summed E-state index contributed by atoms with van der Waals surface area (Å²) in [5.74, 6) is 0.843. The van der Waals surface area contributed by atoms with Crippen LogP contribution in [-0.4, -0.2) is 75.6 Å². The Morgan fingerprint density at radius 1 is 0.491 bits per heavy atom. The Morgan fingerprint density at radius 3 is 1.00 bits per heavy atom. The first-order valence-electron chi connectivity index (χ1n) is 21.4. The third kappa shape index (κ3) is 12.4. The van der Waals surface area contributed by atoms with E-state index in [9.17, 15) is 10.2 Å². The zero-order valence-electron chi connectivity index (χ0n) is 38.8. The molecule has 0 aliphatic carbocycles. The maximum Gasteiger partial charge on any atom is 0.164 e. The second kappa shape index (κ2) is 17.8. The summed E-state index contributed by atoms with van der Waals surface area (Å²) in [5.41, 5.74) is 4.88. The molecule has 324 valence electrons. The van der Waals surface area contributed by atoms with Crippen molar-refractivity contribution in [2.45, 2.75) is 171 Å². The van der Waals surface area contributed by atoms with E-state index in [2.05, 4.69) is 135 Å². The van der Waals surface area contributed by atoms with Gasteiger partial charge in [-0.15, -0.1) is 0 Å². The molecule has 2 heterocycles. The molecule has 0 radical (unpaired) electrons. The van der Waals surface area contributed by atoms with Crippen molar-refractivity contribution in [3.8, 4) is 11.5 Å². The number of hydrogen-bond acceptors (Lipinski definition) is 8. The number of hydrogen-bond donors (Lipinski definition) is 2. The van der Waals surface area contributed by atoms with Gasteiger partial charge in [0.05, 0.1) is 45.1 Å². The Balaban J connectivity index is 1.18. The molecular weight excluding hydrogens is 717 g/mol. The molecule has 0 atom stereocenters. The van der Waals surface area contributed by atoms with Crippen molar-refractivity contribution in [2.24, 2.45) is 16.2 Å². The number of phenols is 2. The summed E-state index contributed by atoms with van der Waals surface area (Å²) >= 11 is 0. The van der Waals surface area contributed by atoms with E-state index in [1.165, 1.54) is 11.1 Å². The summed E-state index contributed by atoms with van der Waals surface area (Å²) in [6.07, 6.45) is 2.78. The van der Waals surface area contributed by atoms with Crippen molar-refractivity contribution in [2.75, 3.05) is 52.9 Å². The molecule has 2 aliphatic heterocycles. The Labute approximate surface area is 346 Å². The van der Waals surface area contributed by atoms with Gasteiger partial charge in [0, 0.05) is 24.0 Å². The fourth-order valence-corrected chi connectivity index (χ4v) is 7.79. The molecule has 0 aromatic heterocycles. The fraction of sp³-hybridized carbons (Fsp3) is 0.755. The van der Waals surface area contributed by atoms with Gasteiger partial charge in [-0.2, -0.15) is 0 Å². The predicted molar refractivity (Wildman–Crippen MR) is 231 cm³/mol. The molecule has 8 nitrogen and oxygen atoms in total. The third-order valence-corrected chi connectivity index (χ3v) is 11.5. The zero-order chi connectivity index (χ0) is 42.8. The lowest BCUT2D eigenvalue weighted by Gasteiger charge is -2.48. The highest BCUT2D eigenvalue weighted by molar-refractivity contribution is 5.51. The van der Waals surface area contributed by atoms with Crippen LogP contribution in [0.1, 0.15) is 157 Å². The monoisotopic (exact) mass is 797 g/mol. The first kappa shape index (κ1) is 47.5. The summed E-state index contributed by atoms with van der Waals surface area (Å²) in [4.78, 5) is 0. The fourth-order valence-electron chi connectivity index (χ4n) is 7.79. The van der Waals surface area contributed by atoms with E-state index in [1.807, 2.05) is 0 Å². The van der Waals surface area contributed by atoms with Gasteiger partial charge >= 0.3 is 0 Å². The van der Waals surface area contributed by atoms with E-state index in [0.29, 0.717) is 64.4 Å².